The quantitative estimate of drug-likeness (QED) is 0.603. The Hall–Kier alpha value is -3.45. The normalized spacial score (nSPS) is 10.2. The van der Waals surface area contributed by atoms with Gasteiger partial charge in [-0.1, -0.05) is 30.3 Å². The number of amides is 2. The Balaban J connectivity index is 1.61. The van der Waals surface area contributed by atoms with Crippen molar-refractivity contribution in [3.63, 3.8) is 0 Å². The van der Waals surface area contributed by atoms with Gasteiger partial charge in [0.1, 0.15) is 0 Å². The Morgan fingerprint density at radius 3 is 2.45 bits per heavy atom. The van der Waals surface area contributed by atoms with Crippen molar-refractivity contribution in [3.05, 3.63) is 88.1 Å². The molecule has 0 bridgehead atoms. The van der Waals surface area contributed by atoms with Crippen LogP contribution < -0.4 is 5.32 Å². The van der Waals surface area contributed by atoms with Gasteiger partial charge in [-0.3, -0.25) is 9.59 Å². The van der Waals surface area contributed by atoms with Gasteiger partial charge >= 0.3 is 5.97 Å². The standard InChI is InChI=1S/C22H20N2O4S/c1-24(13-16-11-12-29-15-16)20(25)14-28-22(27)18-9-5-6-10-19(18)23-21(26)17-7-3-2-4-8-17/h2-12,15H,13-14H2,1H3,(H,23,26). The molecule has 1 heterocycles. The van der Waals surface area contributed by atoms with E-state index in [0.29, 0.717) is 17.8 Å². The number of anilines is 1. The predicted molar refractivity (Wildman–Crippen MR) is 112 cm³/mol. The minimum atomic E-state index is -0.675. The van der Waals surface area contributed by atoms with Crippen LogP contribution in [0.1, 0.15) is 26.3 Å². The zero-order valence-corrected chi connectivity index (χ0v) is 16.6. The van der Waals surface area contributed by atoms with Crippen LogP contribution in [-0.4, -0.2) is 36.3 Å². The summed E-state index contributed by atoms with van der Waals surface area (Å²) in [7, 11) is 1.65. The molecule has 0 aliphatic heterocycles. The summed E-state index contributed by atoms with van der Waals surface area (Å²) >= 11 is 1.56. The molecule has 7 heteroatoms. The molecule has 0 radical (unpaired) electrons. The number of nitrogens with zero attached hydrogens (tertiary/aromatic N) is 1. The number of benzene rings is 2. The third-order valence-electron chi connectivity index (χ3n) is 4.18. The van der Waals surface area contributed by atoms with Gasteiger partial charge in [0.05, 0.1) is 11.3 Å². The van der Waals surface area contributed by atoms with E-state index < -0.39 is 5.97 Å². The molecule has 0 aliphatic rings. The lowest BCUT2D eigenvalue weighted by atomic mass is 10.1. The third-order valence-corrected chi connectivity index (χ3v) is 4.92. The lowest BCUT2D eigenvalue weighted by Gasteiger charge is -2.17. The summed E-state index contributed by atoms with van der Waals surface area (Å²) in [6, 6.07) is 17.2. The lowest BCUT2D eigenvalue weighted by molar-refractivity contribution is -0.133. The fourth-order valence-corrected chi connectivity index (χ4v) is 3.27. The molecule has 3 rings (SSSR count). The number of rotatable bonds is 7. The van der Waals surface area contributed by atoms with Gasteiger partial charge in [-0.2, -0.15) is 11.3 Å². The fraction of sp³-hybridized carbons (Fsp3) is 0.136. The number of para-hydroxylation sites is 1. The SMILES string of the molecule is CN(Cc1ccsc1)C(=O)COC(=O)c1ccccc1NC(=O)c1ccccc1. The maximum absolute atomic E-state index is 12.5. The van der Waals surface area contributed by atoms with Crippen molar-refractivity contribution in [3.8, 4) is 0 Å². The molecule has 1 N–H and O–H groups in total. The molecule has 2 amide bonds. The van der Waals surface area contributed by atoms with Gasteiger partial charge in [-0.25, -0.2) is 4.79 Å². The monoisotopic (exact) mass is 408 g/mol. The highest BCUT2D eigenvalue weighted by molar-refractivity contribution is 7.07. The molecule has 148 valence electrons. The van der Waals surface area contributed by atoms with Crippen LogP contribution in [0.3, 0.4) is 0 Å². The predicted octanol–water partition coefficient (Wildman–Crippen LogP) is 3.82. The number of nitrogens with one attached hydrogen (secondary N) is 1. The van der Waals surface area contributed by atoms with Gasteiger partial charge in [-0.05, 0) is 46.7 Å². The minimum absolute atomic E-state index is 0.185. The van der Waals surface area contributed by atoms with Crippen LogP contribution in [0.15, 0.2) is 71.4 Å². The van der Waals surface area contributed by atoms with Crippen LogP contribution in [0, 0.1) is 0 Å². The van der Waals surface area contributed by atoms with Gasteiger partial charge in [0.15, 0.2) is 6.61 Å². The Bertz CT molecular complexity index is 987. The zero-order chi connectivity index (χ0) is 20.6. The number of esters is 1. The van der Waals surface area contributed by atoms with Crippen molar-refractivity contribution >= 4 is 34.8 Å². The van der Waals surface area contributed by atoms with E-state index in [0.717, 1.165) is 5.56 Å². The molecule has 6 nitrogen and oxygen atoms in total. The molecule has 0 spiro atoms. The minimum Gasteiger partial charge on any atom is -0.452 e. The second kappa shape index (κ2) is 9.66. The van der Waals surface area contributed by atoms with Gasteiger partial charge in [0.2, 0.25) is 0 Å². The van der Waals surface area contributed by atoms with Crippen LogP contribution in [0.5, 0.6) is 0 Å². The number of hydrogen-bond acceptors (Lipinski definition) is 5. The van der Waals surface area contributed by atoms with Crippen LogP contribution in [0.4, 0.5) is 5.69 Å². The molecule has 0 saturated carbocycles. The maximum Gasteiger partial charge on any atom is 0.340 e. The van der Waals surface area contributed by atoms with Crippen molar-refractivity contribution in [1.82, 2.24) is 4.90 Å². The summed E-state index contributed by atoms with van der Waals surface area (Å²) in [6.45, 7) is 0.0735. The summed E-state index contributed by atoms with van der Waals surface area (Å²) in [6.07, 6.45) is 0. The molecular formula is C22H20N2O4S. The smallest absolute Gasteiger partial charge is 0.340 e. The first-order valence-electron chi connectivity index (χ1n) is 8.92. The summed E-state index contributed by atoms with van der Waals surface area (Å²) in [5.74, 6) is -1.32. The third kappa shape index (κ3) is 5.52. The Morgan fingerprint density at radius 2 is 1.72 bits per heavy atom. The lowest BCUT2D eigenvalue weighted by Crippen LogP contribution is -2.30. The second-order valence-corrected chi connectivity index (χ2v) is 7.10. The van der Waals surface area contributed by atoms with Crippen LogP contribution in [-0.2, 0) is 16.1 Å². The molecule has 29 heavy (non-hydrogen) atoms. The molecule has 2 aromatic carbocycles. The number of hydrogen-bond donors (Lipinski definition) is 1. The summed E-state index contributed by atoms with van der Waals surface area (Å²) in [5, 5.41) is 6.61. The van der Waals surface area contributed by atoms with E-state index in [2.05, 4.69) is 5.32 Å². The second-order valence-electron chi connectivity index (χ2n) is 6.32. The summed E-state index contributed by atoms with van der Waals surface area (Å²) < 4.78 is 5.18. The van der Waals surface area contributed by atoms with Crippen molar-refractivity contribution in [1.29, 1.82) is 0 Å². The summed E-state index contributed by atoms with van der Waals surface area (Å²) in [5.41, 5.74) is 2.00. The average molecular weight is 408 g/mol. The number of thiophene rings is 1. The van der Waals surface area contributed by atoms with E-state index in [1.807, 2.05) is 22.9 Å². The first kappa shape index (κ1) is 20.3. The van der Waals surface area contributed by atoms with Crippen molar-refractivity contribution in [2.75, 3.05) is 19.0 Å². The van der Waals surface area contributed by atoms with Gasteiger partial charge in [0.25, 0.3) is 11.8 Å². The van der Waals surface area contributed by atoms with Gasteiger partial charge in [-0.15, -0.1) is 0 Å². The highest BCUT2D eigenvalue weighted by Crippen LogP contribution is 2.18. The van der Waals surface area contributed by atoms with Crippen LogP contribution >= 0.6 is 11.3 Å². The first-order valence-corrected chi connectivity index (χ1v) is 9.86. The molecule has 0 aliphatic carbocycles. The summed E-state index contributed by atoms with van der Waals surface area (Å²) in [4.78, 5) is 38.6. The molecule has 1 aromatic heterocycles. The number of ether oxygens (including phenoxy) is 1. The van der Waals surface area contributed by atoms with E-state index in [1.54, 1.807) is 66.9 Å². The molecule has 0 unspecified atom stereocenters. The van der Waals surface area contributed by atoms with E-state index in [4.69, 9.17) is 4.74 Å². The number of carbonyl (C=O) groups excluding carboxylic acids is 3. The first-order chi connectivity index (χ1) is 14.0. The van der Waals surface area contributed by atoms with E-state index >= 15 is 0 Å². The zero-order valence-electron chi connectivity index (χ0n) is 15.8. The van der Waals surface area contributed by atoms with Crippen LogP contribution in [0.25, 0.3) is 0 Å². The molecule has 0 saturated heterocycles. The highest BCUT2D eigenvalue weighted by Gasteiger charge is 2.18. The molecule has 0 atom stereocenters. The highest BCUT2D eigenvalue weighted by atomic mass is 32.1. The maximum atomic E-state index is 12.5. The molecular weight excluding hydrogens is 388 g/mol. The van der Waals surface area contributed by atoms with Crippen LogP contribution in [0.2, 0.25) is 0 Å². The van der Waals surface area contributed by atoms with Gasteiger partial charge < -0.3 is 15.0 Å². The Morgan fingerprint density at radius 1 is 1.00 bits per heavy atom. The van der Waals surface area contributed by atoms with Crippen molar-refractivity contribution < 1.29 is 19.1 Å². The fourth-order valence-electron chi connectivity index (χ4n) is 2.61. The number of carbonyl (C=O) groups is 3. The largest absolute Gasteiger partial charge is 0.452 e. The van der Waals surface area contributed by atoms with Gasteiger partial charge in [0, 0.05) is 19.2 Å². The molecule has 3 aromatic rings. The van der Waals surface area contributed by atoms with Crippen molar-refractivity contribution in [2.24, 2.45) is 0 Å². The van der Waals surface area contributed by atoms with Crippen molar-refractivity contribution in [2.45, 2.75) is 6.54 Å². The average Bonchev–Trinajstić information content (AvgIpc) is 3.25. The molecule has 0 fully saturated rings. The number of likely N-dealkylation sites (N-methyl/N-ethyl adjacent to an activating group) is 1. The van der Waals surface area contributed by atoms with E-state index in [-0.39, 0.29) is 24.0 Å². The van der Waals surface area contributed by atoms with E-state index in [1.165, 1.54) is 4.90 Å². The Kier molecular flexibility index (Phi) is 6.76. The Labute approximate surface area is 172 Å². The van der Waals surface area contributed by atoms with E-state index in [9.17, 15) is 14.4 Å². The topological polar surface area (TPSA) is 75.7 Å².